The second-order valence-corrected chi connectivity index (χ2v) is 5.16. The molecule has 3 atom stereocenters. The number of nitrogens with one attached hydrogen (secondary N) is 1. The van der Waals surface area contributed by atoms with Crippen molar-refractivity contribution in [1.29, 1.82) is 0 Å². The molecule has 0 radical (unpaired) electrons. The molecule has 1 amide bonds. The maximum Gasteiger partial charge on any atom is 0.270 e. The van der Waals surface area contributed by atoms with Crippen LogP contribution >= 0.6 is 0 Å². The molecule has 3 N–H and O–H groups in total. The molecule has 3 unspecified atom stereocenters. The summed E-state index contributed by atoms with van der Waals surface area (Å²) >= 11 is 0. The van der Waals surface area contributed by atoms with Crippen LogP contribution in [0, 0.1) is 11.8 Å². The van der Waals surface area contributed by atoms with Crippen molar-refractivity contribution in [1.82, 2.24) is 10.3 Å². The fourth-order valence-corrected chi connectivity index (χ4v) is 2.81. The van der Waals surface area contributed by atoms with E-state index in [4.69, 9.17) is 5.73 Å². The van der Waals surface area contributed by atoms with Gasteiger partial charge in [-0.3, -0.25) is 4.79 Å². The fourth-order valence-electron chi connectivity index (χ4n) is 2.81. The Balaban J connectivity index is 1.98. The molecule has 4 heteroatoms. The summed E-state index contributed by atoms with van der Waals surface area (Å²) < 4.78 is 0. The quantitative estimate of drug-likeness (QED) is 0.860. The normalized spacial score (nSPS) is 27.1. The van der Waals surface area contributed by atoms with Crippen molar-refractivity contribution in [2.24, 2.45) is 11.8 Å². The van der Waals surface area contributed by atoms with E-state index >= 15 is 0 Å². The minimum atomic E-state index is -0.0939. The van der Waals surface area contributed by atoms with E-state index < -0.39 is 0 Å². The van der Waals surface area contributed by atoms with Crippen LogP contribution in [-0.2, 0) is 0 Å². The number of amides is 1. The number of pyridine rings is 1. The molecule has 1 aliphatic rings. The molecule has 98 valence electrons. The van der Waals surface area contributed by atoms with Crippen LogP contribution in [0.15, 0.2) is 18.3 Å². The minimum Gasteiger partial charge on any atom is -0.397 e. The first kappa shape index (κ1) is 12.9. The number of carbonyl (C=O) groups is 1. The van der Waals surface area contributed by atoms with Gasteiger partial charge in [0, 0.05) is 6.04 Å². The fraction of sp³-hybridized carbons (Fsp3) is 0.571. The first-order valence-corrected chi connectivity index (χ1v) is 6.64. The lowest BCUT2D eigenvalue weighted by molar-refractivity contribution is 0.0921. The second kappa shape index (κ2) is 5.38. The molecule has 0 aromatic carbocycles. The molecule has 1 aromatic rings. The van der Waals surface area contributed by atoms with Gasteiger partial charge in [0.25, 0.3) is 5.91 Å². The van der Waals surface area contributed by atoms with E-state index in [1.54, 1.807) is 12.1 Å². The molecular formula is C14H21N3O. The first-order valence-electron chi connectivity index (χ1n) is 6.64. The Hall–Kier alpha value is -1.58. The zero-order valence-corrected chi connectivity index (χ0v) is 11.0. The van der Waals surface area contributed by atoms with E-state index in [1.165, 1.54) is 19.0 Å². The third-order valence-corrected chi connectivity index (χ3v) is 4.09. The number of rotatable bonds is 3. The van der Waals surface area contributed by atoms with Crippen molar-refractivity contribution in [3.63, 3.8) is 0 Å². The van der Waals surface area contributed by atoms with Gasteiger partial charge in [-0.2, -0.15) is 0 Å². The lowest BCUT2D eigenvalue weighted by atomic mass is 9.93. The maximum atomic E-state index is 12.0. The molecule has 2 rings (SSSR count). The third kappa shape index (κ3) is 2.63. The molecular weight excluding hydrogens is 226 g/mol. The number of aromatic nitrogens is 1. The molecule has 0 bridgehead atoms. The molecule has 1 fully saturated rings. The van der Waals surface area contributed by atoms with Gasteiger partial charge in [0.05, 0.1) is 11.9 Å². The Morgan fingerprint density at radius 2 is 2.28 bits per heavy atom. The standard InChI is InChI=1S/C14H21N3O/c1-3-10-4-6-12(9(10)2)17-14(18)13-7-5-11(15)8-16-13/h5,7-10,12H,3-4,6,15H2,1-2H3,(H,17,18). The lowest BCUT2D eigenvalue weighted by Gasteiger charge is -2.20. The topological polar surface area (TPSA) is 68.0 Å². The summed E-state index contributed by atoms with van der Waals surface area (Å²) in [6, 6.07) is 3.65. The largest absolute Gasteiger partial charge is 0.397 e. The summed E-state index contributed by atoms with van der Waals surface area (Å²) in [7, 11) is 0. The highest BCUT2D eigenvalue weighted by atomic mass is 16.1. The van der Waals surface area contributed by atoms with Gasteiger partial charge in [-0.1, -0.05) is 20.3 Å². The Morgan fingerprint density at radius 3 is 2.83 bits per heavy atom. The zero-order valence-electron chi connectivity index (χ0n) is 11.0. The number of carbonyl (C=O) groups excluding carboxylic acids is 1. The summed E-state index contributed by atoms with van der Waals surface area (Å²) in [6.45, 7) is 4.44. The van der Waals surface area contributed by atoms with Crippen LogP contribution in [-0.4, -0.2) is 16.9 Å². The van der Waals surface area contributed by atoms with E-state index in [0.29, 0.717) is 17.3 Å². The maximum absolute atomic E-state index is 12.0. The molecule has 18 heavy (non-hydrogen) atoms. The van der Waals surface area contributed by atoms with Gasteiger partial charge in [0.2, 0.25) is 0 Å². The number of nitrogens with zero attached hydrogens (tertiary/aromatic N) is 1. The number of nitrogen functional groups attached to an aromatic ring is 1. The number of nitrogens with two attached hydrogens (primary N) is 1. The number of anilines is 1. The summed E-state index contributed by atoms with van der Waals surface area (Å²) in [6.07, 6.45) is 4.98. The van der Waals surface area contributed by atoms with Crippen molar-refractivity contribution < 1.29 is 4.79 Å². The second-order valence-electron chi connectivity index (χ2n) is 5.16. The van der Waals surface area contributed by atoms with E-state index in [9.17, 15) is 4.79 Å². The Kier molecular flexibility index (Phi) is 3.84. The summed E-state index contributed by atoms with van der Waals surface area (Å²) in [5.74, 6) is 1.19. The third-order valence-electron chi connectivity index (χ3n) is 4.09. The van der Waals surface area contributed by atoms with E-state index in [0.717, 1.165) is 12.3 Å². The molecule has 1 heterocycles. The Morgan fingerprint density at radius 1 is 1.50 bits per heavy atom. The number of hydrogen-bond acceptors (Lipinski definition) is 3. The van der Waals surface area contributed by atoms with Gasteiger partial charge >= 0.3 is 0 Å². The highest BCUT2D eigenvalue weighted by Gasteiger charge is 2.32. The van der Waals surface area contributed by atoms with E-state index in [1.807, 2.05) is 0 Å². The van der Waals surface area contributed by atoms with Crippen molar-refractivity contribution in [3.05, 3.63) is 24.0 Å². The van der Waals surface area contributed by atoms with Crippen LogP contribution in [0.25, 0.3) is 0 Å². The summed E-state index contributed by atoms with van der Waals surface area (Å²) in [4.78, 5) is 16.1. The Labute approximate surface area is 108 Å². The van der Waals surface area contributed by atoms with Crippen molar-refractivity contribution in [2.45, 2.75) is 39.2 Å². The highest BCUT2D eigenvalue weighted by molar-refractivity contribution is 5.92. The highest BCUT2D eigenvalue weighted by Crippen LogP contribution is 2.33. The van der Waals surface area contributed by atoms with Crippen LogP contribution < -0.4 is 11.1 Å². The zero-order chi connectivity index (χ0) is 13.1. The van der Waals surface area contributed by atoms with Gasteiger partial charge in [0.15, 0.2) is 0 Å². The van der Waals surface area contributed by atoms with Gasteiger partial charge in [-0.05, 0) is 36.8 Å². The van der Waals surface area contributed by atoms with Gasteiger partial charge < -0.3 is 11.1 Å². The Bertz CT molecular complexity index is 416. The molecule has 0 aliphatic heterocycles. The van der Waals surface area contributed by atoms with Gasteiger partial charge in [-0.25, -0.2) is 4.98 Å². The molecule has 1 aromatic heterocycles. The molecule has 1 aliphatic carbocycles. The predicted molar refractivity (Wildman–Crippen MR) is 72.1 cm³/mol. The van der Waals surface area contributed by atoms with Crippen LogP contribution in [0.1, 0.15) is 43.6 Å². The summed E-state index contributed by atoms with van der Waals surface area (Å²) in [5, 5.41) is 3.09. The van der Waals surface area contributed by atoms with E-state index in [2.05, 4.69) is 24.1 Å². The lowest BCUT2D eigenvalue weighted by Crippen LogP contribution is -2.37. The minimum absolute atomic E-state index is 0.0939. The molecule has 1 saturated carbocycles. The van der Waals surface area contributed by atoms with Crippen LogP contribution in [0.3, 0.4) is 0 Å². The summed E-state index contributed by atoms with van der Waals surface area (Å²) in [5.41, 5.74) is 6.57. The predicted octanol–water partition coefficient (Wildman–Crippen LogP) is 2.22. The average Bonchev–Trinajstić information content (AvgIpc) is 2.71. The molecule has 0 spiro atoms. The SMILES string of the molecule is CCC1CCC(NC(=O)c2ccc(N)cn2)C1C. The van der Waals surface area contributed by atoms with Crippen molar-refractivity contribution >= 4 is 11.6 Å². The van der Waals surface area contributed by atoms with E-state index in [-0.39, 0.29) is 11.9 Å². The first-order chi connectivity index (χ1) is 8.61. The smallest absolute Gasteiger partial charge is 0.270 e. The van der Waals surface area contributed by atoms with Crippen LogP contribution in [0.2, 0.25) is 0 Å². The van der Waals surface area contributed by atoms with Crippen LogP contribution in [0.5, 0.6) is 0 Å². The van der Waals surface area contributed by atoms with Crippen molar-refractivity contribution in [3.8, 4) is 0 Å². The van der Waals surface area contributed by atoms with Gasteiger partial charge in [-0.15, -0.1) is 0 Å². The molecule has 4 nitrogen and oxygen atoms in total. The average molecular weight is 247 g/mol. The van der Waals surface area contributed by atoms with Crippen molar-refractivity contribution in [2.75, 3.05) is 5.73 Å². The molecule has 0 saturated heterocycles. The van der Waals surface area contributed by atoms with Gasteiger partial charge in [0.1, 0.15) is 5.69 Å². The number of hydrogen-bond donors (Lipinski definition) is 2. The monoisotopic (exact) mass is 247 g/mol. The van der Waals surface area contributed by atoms with Crippen LogP contribution in [0.4, 0.5) is 5.69 Å².